The van der Waals surface area contributed by atoms with Gasteiger partial charge in [-0.05, 0) is 30.4 Å². The average Bonchev–Trinajstić information content (AvgIpc) is 3.17. The van der Waals surface area contributed by atoms with Crippen LogP contribution in [-0.4, -0.2) is 16.7 Å². The van der Waals surface area contributed by atoms with E-state index in [2.05, 4.69) is 10.3 Å². The van der Waals surface area contributed by atoms with Gasteiger partial charge in [-0.15, -0.1) is 0 Å². The quantitative estimate of drug-likeness (QED) is 0.909. The molecule has 1 aromatic carbocycles. The molecule has 2 N–H and O–H groups in total. The third-order valence-corrected chi connectivity index (χ3v) is 3.74. The van der Waals surface area contributed by atoms with Crippen molar-refractivity contribution in [2.45, 2.75) is 31.1 Å². The molecule has 20 heavy (non-hydrogen) atoms. The summed E-state index contributed by atoms with van der Waals surface area (Å²) in [5, 5.41) is 3.29. The Morgan fingerprint density at radius 2 is 1.95 bits per heavy atom. The van der Waals surface area contributed by atoms with Crippen LogP contribution in [0.25, 0.3) is 10.9 Å². The SMILES string of the molecule is O=c1[nH]c2ccccc2cc1CNC1(C(F)(F)F)CC1. The Labute approximate surface area is 112 Å². The van der Waals surface area contributed by atoms with E-state index in [1.807, 2.05) is 12.1 Å². The molecule has 3 nitrogen and oxygen atoms in total. The summed E-state index contributed by atoms with van der Waals surface area (Å²) in [5.41, 5.74) is -1.16. The summed E-state index contributed by atoms with van der Waals surface area (Å²) in [7, 11) is 0. The lowest BCUT2D eigenvalue weighted by atomic mass is 10.1. The van der Waals surface area contributed by atoms with Gasteiger partial charge in [0, 0.05) is 17.6 Å². The Hall–Kier alpha value is -1.82. The van der Waals surface area contributed by atoms with Gasteiger partial charge < -0.3 is 4.98 Å². The van der Waals surface area contributed by atoms with Gasteiger partial charge in [0.1, 0.15) is 5.54 Å². The molecule has 1 saturated carbocycles. The molecule has 2 aromatic rings. The number of halogens is 3. The van der Waals surface area contributed by atoms with Crippen molar-refractivity contribution in [3.05, 3.63) is 46.2 Å². The summed E-state index contributed by atoms with van der Waals surface area (Å²) in [6.07, 6.45) is -4.12. The predicted octanol–water partition coefficient (Wildman–Crippen LogP) is 2.71. The molecule has 106 valence electrons. The fourth-order valence-electron chi connectivity index (χ4n) is 2.27. The van der Waals surface area contributed by atoms with Gasteiger partial charge in [-0.1, -0.05) is 18.2 Å². The molecule has 0 amide bonds. The molecule has 0 aliphatic heterocycles. The number of alkyl halides is 3. The smallest absolute Gasteiger partial charge is 0.322 e. The summed E-state index contributed by atoms with van der Waals surface area (Å²) in [4.78, 5) is 14.5. The molecule has 1 fully saturated rings. The molecular formula is C14H13F3N2O. The van der Waals surface area contributed by atoms with E-state index in [0.717, 1.165) is 5.39 Å². The minimum absolute atomic E-state index is 0.0714. The largest absolute Gasteiger partial charge is 0.406 e. The molecule has 1 aliphatic carbocycles. The Morgan fingerprint density at radius 3 is 2.60 bits per heavy atom. The van der Waals surface area contributed by atoms with Gasteiger partial charge in [0.05, 0.1) is 0 Å². The lowest BCUT2D eigenvalue weighted by molar-refractivity contribution is -0.166. The lowest BCUT2D eigenvalue weighted by Crippen LogP contribution is -2.45. The Bertz CT molecular complexity index is 701. The van der Waals surface area contributed by atoms with Crippen LogP contribution in [0.3, 0.4) is 0 Å². The molecule has 0 bridgehead atoms. The molecule has 0 radical (unpaired) electrons. The number of fused-ring (bicyclic) bond motifs is 1. The van der Waals surface area contributed by atoms with Gasteiger partial charge >= 0.3 is 6.18 Å². The number of rotatable bonds is 3. The van der Waals surface area contributed by atoms with E-state index in [1.54, 1.807) is 18.2 Å². The minimum atomic E-state index is -4.27. The molecule has 0 unspecified atom stereocenters. The summed E-state index contributed by atoms with van der Waals surface area (Å²) < 4.78 is 38.4. The van der Waals surface area contributed by atoms with Crippen LogP contribution in [0, 0.1) is 0 Å². The lowest BCUT2D eigenvalue weighted by Gasteiger charge is -2.20. The zero-order chi connectivity index (χ0) is 14.4. The molecule has 1 aromatic heterocycles. The molecule has 3 rings (SSSR count). The normalized spacial score (nSPS) is 17.4. The highest BCUT2D eigenvalue weighted by Crippen LogP contribution is 2.48. The van der Waals surface area contributed by atoms with Gasteiger partial charge in [0.2, 0.25) is 0 Å². The molecule has 0 atom stereocenters. The van der Waals surface area contributed by atoms with E-state index < -0.39 is 11.7 Å². The van der Waals surface area contributed by atoms with Crippen LogP contribution < -0.4 is 10.9 Å². The van der Waals surface area contributed by atoms with Crippen molar-refractivity contribution in [2.24, 2.45) is 0 Å². The van der Waals surface area contributed by atoms with Crippen LogP contribution in [0.15, 0.2) is 35.1 Å². The highest BCUT2D eigenvalue weighted by atomic mass is 19.4. The Morgan fingerprint density at radius 1 is 1.25 bits per heavy atom. The maximum Gasteiger partial charge on any atom is 0.406 e. The fourth-order valence-corrected chi connectivity index (χ4v) is 2.27. The van der Waals surface area contributed by atoms with Crippen LogP contribution in [0.1, 0.15) is 18.4 Å². The Kier molecular flexibility index (Phi) is 2.86. The van der Waals surface area contributed by atoms with Crippen molar-refractivity contribution < 1.29 is 13.2 Å². The van der Waals surface area contributed by atoms with Gasteiger partial charge in [-0.3, -0.25) is 10.1 Å². The van der Waals surface area contributed by atoms with Gasteiger partial charge in [0.15, 0.2) is 0 Å². The molecule has 0 spiro atoms. The van der Waals surface area contributed by atoms with E-state index >= 15 is 0 Å². The maximum atomic E-state index is 12.8. The second-order valence-corrected chi connectivity index (χ2v) is 5.14. The predicted molar refractivity (Wildman–Crippen MR) is 69.4 cm³/mol. The highest BCUT2D eigenvalue weighted by Gasteiger charge is 2.62. The first-order valence-electron chi connectivity index (χ1n) is 6.34. The van der Waals surface area contributed by atoms with E-state index in [1.165, 1.54) is 0 Å². The summed E-state index contributed by atoms with van der Waals surface area (Å²) in [5.74, 6) is 0. The van der Waals surface area contributed by atoms with E-state index in [-0.39, 0.29) is 24.9 Å². The number of aromatic amines is 1. The number of hydrogen-bond donors (Lipinski definition) is 2. The minimum Gasteiger partial charge on any atom is -0.322 e. The summed E-state index contributed by atoms with van der Waals surface area (Å²) in [6, 6.07) is 8.81. The number of para-hydroxylation sites is 1. The van der Waals surface area contributed by atoms with Crippen LogP contribution >= 0.6 is 0 Å². The molecule has 6 heteroatoms. The van der Waals surface area contributed by atoms with Crippen molar-refractivity contribution in [3.63, 3.8) is 0 Å². The highest BCUT2D eigenvalue weighted by molar-refractivity contribution is 5.78. The van der Waals surface area contributed by atoms with Crippen LogP contribution in [0.4, 0.5) is 13.2 Å². The van der Waals surface area contributed by atoms with E-state index in [4.69, 9.17) is 0 Å². The summed E-state index contributed by atoms with van der Waals surface area (Å²) >= 11 is 0. The van der Waals surface area contributed by atoms with Crippen LogP contribution in [0.5, 0.6) is 0 Å². The Balaban J connectivity index is 1.85. The van der Waals surface area contributed by atoms with Crippen molar-refractivity contribution in [2.75, 3.05) is 0 Å². The topological polar surface area (TPSA) is 44.9 Å². The molecule has 1 heterocycles. The van der Waals surface area contributed by atoms with Crippen molar-refractivity contribution >= 4 is 10.9 Å². The first-order chi connectivity index (χ1) is 9.41. The summed E-state index contributed by atoms with van der Waals surface area (Å²) in [6.45, 7) is -0.0837. The number of nitrogens with one attached hydrogen (secondary N) is 2. The molecule has 1 aliphatic rings. The number of hydrogen-bond acceptors (Lipinski definition) is 2. The van der Waals surface area contributed by atoms with Crippen LogP contribution in [-0.2, 0) is 6.54 Å². The van der Waals surface area contributed by atoms with Gasteiger partial charge in [-0.2, -0.15) is 13.2 Å². The molecular weight excluding hydrogens is 269 g/mol. The number of benzene rings is 1. The zero-order valence-corrected chi connectivity index (χ0v) is 10.6. The van der Waals surface area contributed by atoms with Gasteiger partial charge in [-0.25, -0.2) is 0 Å². The zero-order valence-electron chi connectivity index (χ0n) is 10.6. The first-order valence-corrected chi connectivity index (χ1v) is 6.34. The van der Waals surface area contributed by atoms with Crippen LogP contribution in [0.2, 0.25) is 0 Å². The van der Waals surface area contributed by atoms with E-state index in [9.17, 15) is 18.0 Å². The first kappa shape index (κ1) is 13.2. The number of pyridine rings is 1. The van der Waals surface area contributed by atoms with Gasteiger partial charge in [0.25, 0.3) is 5.56 Å². The molecule has 0 saturated heterocycles. The average molecular weight is 282 g/mol. The monoisotopic (exact) mass is 282 g/mol. The van der Waals surface area contributed by atoms with E-state index in [0.29, 0.717) is 11.1 Å². The number of H-pyrrole nitrogens is 1. The number of aromatic nitrogens is 1. The van der Waals surface area contributed by atoms with Crippen molar-refractivity contribution in [1.82, 2.24) is 10.3 Å². The second kappa shape index (κ2) is 4.34. The second-order valence-electron chi connectivity index (χ2n) is 5.14. The maximum absolute atomic E-state index is 12.8. The third kappa shape index (κ3) is 2.20. The van der Waals surface area contributed by atoms with Crippen molar-refractivity contribution in [3.8, 4) is 0 Å². The third-order valence-electron chi connectivity index (χ3n) is 3.74. The fraction of sp³-hybridized carbons (Fsp3) is 0.357. The standard InChI is InChI=1S/C14H13F3N2O/c15-14(16,17)13(5-6-13)18-8-10-7-9-3-1-2-4-11(9)19-12(10)20/h1-4,7,18H,5-6,8H2,(H,19,20). The van der Waals surface area contributed by atoms with Crippen molar-refractivity contribution in [1.29, 1.82) is 0 Å².